The number of fused-ring (bicyclic) bond motifs is 15. The third-order valence-corrected chi connectivity index (χ3v) is 15.8. The number of halogens is 1. The molecule has 5 heterocycles. The monoisotopic (exact) mass is 997 g/mol. The maximum absolute atomic E-state index is 6.24. The summed E-state index contributed by atoms with van der Waals surface area (Å²) in [5.74, 6) is 0. The van der Waals surface area contributed by atoms with Gasteiger partial charge in [0.05, 0.1) is 33.1 Å². The van der Waals surface area contributed by atoms with E-state index in [1.54, 1.807) is 0 Å². The van der Waals surface area contributed by atoms with Gasteiger partial charge in [0.1, 0.15) is 22.3 Å². The summed E-state index contributed by atoms with van der Waals surface area (Å²) in [6.07, 6.45) is 0. The number of hydrogen-bond donors (Lipinski definition) is 0. The van der Waals surface area contributed by atoms with Gasteiger partial charge in [-0.1, -0.05) is 106 Å². The van der Waals surface area contributed by atoms with Crippen LogP contribution in [-0.2, 0) is 0 Å². The molecule has 0 fully saturated rings. The molecule has 0 spiro atoms. The Labute approximate surface area is 426 Å². The third kappa shape index (κ3) is 6.02. The average molecular weight is 999 g/mol. The topological polar surface area (TPSA) is 41.1 Å². The fourth-order valence-corrected chi connectivity index (χ4v) is 12.4. The van der Waals surface area contributed by atoms with Crippen molar-refractivity contribution >= 4 is 125 Å². The van der Waals surface area contributed by atoms with Crippen molar-refractivity contribution in [1.29, 1.82) is 0 Å². The highest BCUT2D eigenvalue weighted by Crippen LogP contribution is 2.43. The van der Waals surface area contributed by atoms with Crippen molar-refractivity contribution in [2.75, 3.05) is 0 Å². The van der Waals surface area contributed by atoms with Crippen molar-refractivity contribution in [3.8, 4) is 39.3 Å². The van der Waals surface area contributed by atoms with Crippen LogP contribution in [0, 0.1) is 6.92 Å². The van der Waals surface area contributed by atoms with Crippen LogP contribution in [0.1, 0.15) is 5.56 Å². The maximum atomic E-state index is 6.24. The second-order valence-corrected chi connectivity index (χ2v) is 20.4. The maximum Gasteiger partial charge on any atom is 0.135 e. The van der Waals surface area contributed by atoms with Gasteiger partial charge in [-0.25, -0.2) is 0 Å². The Morgan fingerprint density at radius 3 is 1.12 bits per heavy atom. The number of rotatable bonds is 5. The fourth-order valence-electron chi connectivity index (χ4n) is 12.0. The smallest absolute Gasteiger partial charge is 0.135 e. The molecule has 5 nitrogen and oxygen atoms in total. The van der Waals surface area contributed by atoms with Gasteiger partial charge in [0, 0.05) is 75.4 Å². The lowest BCUT2D eigenvalue weighted by molar-refractivity contribution is 0.668. The van der Waals surface area contributed by atoms with E-state index in [0.717, 1.165) is 76.4 Å². The molecule has 0 saturated heterocycles. The van der Waals surface area contributed by atoms with Gasteiger partial charge in [-0.2, -0.15) is 0 Å². The van der Waals surface area contributed by atoms with Crippen molar-refractivity contribution in [3.05, 3.63) is 234 Å². The van der Waals surface area contributed by atoms with Crippen molar-refractivity contribution < 1.29 is 8.83 Å². The van der Waals surface area contributed by atoms with Crippen LogP contribution in [0.25, 0.3) is 149 Å². The Kier molecular flexibility index (Phi) is 8.46. The van der Waals surface area contributed by atoms with Gasteiger partial charge < -0.3 is 22.5 Å². The highest BCUT2D eigenvalue weighted by Gasteiger charge is 2.20. The molecule has 0 radical (unpaired) electrons. The first-order valence-corrected chi connectivity index (χ1v) is 25.5. The molecule has 16 rings (SSSR count). The molecule has 16 aromatic rings. The Bertz CT molecular complexity index is 4710. The van der Waals surface area contributed by atoms with Crippen LogP contribution in [0.4, 0.5) is 0 Å². The van der Waals surface area contributed by atoms with Crippen LogP contribution in [0.2, 0.25) is 0 Å². The number of hydrogen-bond acceptors (Lipinski definition) is 2. The van der Waals surface area contributed by atoms with Crippen LogP contribution in [0.5, 0.6) is 0 Å². The van der Waals surface area contributed by atoms with E-state index in [4.69, 9.17) is 8.83 Å². The largest absolute Gasteiger partial charge is 0.456 e. The lowest BCUT2D eigenvalue weighted by Crippen LogP contribution is -1.94. The van der Waals surface area contributed by atoms with Gasteiger partial charge in [-0.15, -0.1) is 0 Å². The van der Waals surface area contributed by atoms with Crippen molar-refractivity contribution in [3.63, 3.8) is 0 Å². The highest BCUT2D eigenvalue weighted by atomic mass is 79.9. The molecular weight excluding hydrogens is 959 g/mol. The lowest BCUT2D eigenvalue weighted by Gasteiger charge is -2.10. The molecule has 0 N–H and O–H groups in total. The van der Waals surface area contributed by atoms with E-state index in [1.165, 1.54) is 82.2 Å². The predicted octanol–water partition coefficient (Wildman–Crippen LogP) is 19.2. The van der Waals surface area contributed by atoms with Crippen LogP contribution in [0.3, 0.4) is 0 Å². The molecule has 73 heavy (non-hydrogen) atoms. The molecule has 0 unspecified atom stereocenters. The molecule has 342 valence electrons. The van der Waals surface area contributed by atoms with Gasteiger partial charge >= 0.3 is 0 Å². The van der Waals surface area contributed by atoms with Crippen LogP contribution >= 0.6 is 15.9 Å². The van der Waals surface area contributed by atoms with Gasteiger partial charge in [0.15, 0.2) is 0 Å². The van der Waals surface area contributed by atoms with Crippen LogP contribution in [0.15, 0.2) is 238 Å². The molecule has 0 aliphatic heterocycles. The quantitative estimate of drug-likeness (QED) is 0.172. The Morgan fingerprint density at radius 2 is 0.644 bits per heavy atom. The standard InChI is InChI=1S/C67H40BrN3O2/c1-39-15-23-58-50(31-39)51-32-40(18-26-61(51)70(58)46-21-29-66-56(37-46)48-11-5-7-13-64(48)72-66)41-16-24-59-52(33-41)53-34-42(17-25-60(53)69(59)45-9-3-2-4-10-45)43-19-27-62-54(35-43)55-36-44(68)20-28-63(55)71(62)47-22-30-67-57(38-47)49-12-6-8-14-65(49)73-67/h2-38H,1H3. The van der Waals surface area contributed by atoms with E-state index >= 15 is 0 Å². The van der Waals surface area contributed by atoms with E-state index in [2.05, 4.69) is 237 Å². The molecule has 11 aromatic carbocycles. The SMILES string of the molecule is Cc1ccc2c(c1)c1cc(-c3ccc4c(c3)c3cc(-c5ccc6c(c5)c5cc(Br)ccc5n6-c5ccc6oc7ccccc7c6c5)ccc3n4-c3ccccc3)ccc1n2-c1ccc2oc3ccccc3c2c1. The second-order valence-electron chi connectivity index (χ2n) is 19.5. The summed E-state index contributed by atoms with van der Waals surface area (Å²) in [7, 11) is 0. The van der Waals surface area contributed by atoms with E-state index in [9.17, 15) is 0 Å². The minimum absolute atomic E-state index is 0.890. The van der Waals surface area contributed by atoms with Gasteiger partial charge in [-0.05, 0) is 169 Å². The summed E-state index contributed by atoms with van der Waals surface area (Å²) in [5.41, 5.74) is 19.8. The van der Waals surface area contributed by atoms with Gasteiger partial charge in [0.2, 0.25) is 0 Å². The second kappa shape index (κ2) is 15.2. The zero-order valence-electron chi connectivity index (χ0n) is 39.4. The van der Waals surface area contributed by atoms with Gasteiger partial charge in [-0.3, -0.25) is 0 Å². The minimum Gasteiger partial charge on any atom is -0.456 e. The van der Waals surface area contributed by atoms with Crippen molar-refractivity contribution in [2.24, 2.45) is 0 Å². The normalized spacial score (nSPS) is 12.2. The third-order valence-electron chi connectivity index (χ3n) is 15.3. The van der Waals surface area contributed by atoms with Crippen molar-refractivity contribution in [2.45, 2.75) is 6.92 Å². The number of para-hydroxylation sites is 3. The summed E-state index contributed by atoms with van der Waals surface area (Å²) < 4.78 is 20.7. The van der Waals surface area contributed by atoms with E-state index in [1.807, 2.05) is 24.3 Å². The molecule has 0 atom stereocenters. The molecule has 6 heteroatoms. The number of aryl methyl sites for hydroxylation is 1. The number of nitrogens with zero attached hydrogens (tertiary/aromatic N) is 3. The molecular formula is C67H40BrN3O2. The number of benzene rings is 11. The first kappa shape index (κ1) is 40.6. The van der Waals surface area contributed by atoms with Crippen LogP contribution < -0.4 is 0 Å². The molecule has 5 aromatic heterocycles. The Hall–Kier alpha value is -9.10. The van der Waals surface area contributed by atoms with Crippen molar-refractivity contribution in [1.82, 2.24) is 13.7 Å². The summed E-state index contributed by atoms with van der Waals surface area (Å²) in [5, 5.41) is 11.7. The lowest BCUT2D eigenvalue weighted by atomic mass is 9.98. The molecule has 0 amide bonds. The minimum atomic E-state index is 0.890. The summed E-state index contributed by atoms with van der Waals surface area (Å²) >= 11 is 3.82. The Balaban J connectivity index is 0.859. The zero-order valence-corrected chi connectivity index (χ0v) is 41.0. The number of aromatic nitrogens is 3. The van der Waals surface area contributed by atoms with Crippen LogP contribution in [-0.4, -0.2) is 13.7 Å². The zero-order chi connectivity index (χ0) is 48.1. The average Bonchev–Trinajstić information content (AvgIpc) is 4.25. The number of furan rings is 2. The molecule has 0 saturated carbocycles. The van der Waals surface area contributed by atoms with E-state index in [0.29, 0.717) is 0 Å². The first-order valence-electron chi connectivity index (χ1n) is 24.7. The van der Waals surface area contributed by atoms with E-state index in [-0.39, 0.29) is 0 Å². The van der Waals surface area contributed by atoms with E-state index < -0.39 is 0 Å². The van der Waals surface area contributed by atoms with Gasteiger partial charge in [0.25, 0.3) is 0 Å². The Morgan fingerprint density at radius 1 is 0.274 bits per heavy atom. The predicted molar refractivity (Wildman–Crippen MR) is 307 cm³/mol. The molecule has 0 aliphatic rings. The first-order chi connectivity index (χ1) is 36.0. The highest BCUT2D eigenvalue weighted by molar-refractivity contribution is 9.10. The summed E-state index contributed by atoms with van der Waals surface area (Å²) in [6.45, 7) is 2.18. The summed E-state index contributed by atoms with van der Waals surface area (Å²) in [6, 6.07) is 81.8. The fraction of sp³-hybridized carbons (Fsp3) is 0.0149. The summed E-state index contributed by atoms with van der Waals surface area (Å²) in [4.78, 5) is 0. The molecule has 0 aliphatic carbocycles. The molecule has 0 bridgehead atoms.